The van der Waals surface area contributed by atoms with E-state index in [9.17, 15) is 9.59 Å². The normalized spacial score (nSPS) is 11.8. The molecule has 0 aliphatic rings. The SMILES string of the molecule is CC(c1ccc(Cl)cc1Cl)N(C)C(=O)CNC(=O)c1cccs1. The summed E-state index contributed by atoms with van der Waals surface area (Å²) in [7, 11) is 1.68. The minimum absolute atomic E-state index is 0.0667. The van der Waals surface area contributed by atoms with Gasteiger partial charge in [0.05, 0.1) is 17.5 Å². The van der Waals surface area contributed by atoms with Crippen molar-refractivity contribution in [2.45, 2.75) is 13.0 Å². The van der Waals surface area contributed by atoms with Crippen LogP contribution in [0.3, 0.4) is 0 Å². The molecule has 122 valence electrons. The Morgan fingerprint density at radius 2 is 2.04 bits per heavy atom. The van der Waals surface area contributed by atoms with Crippen molar-refractivity contribution in [3.05, 3.63) is 56.2 Å². The Hall–Kier alpha value is -1.56. The Balaban J connectivity index is 1.97. The quantitative estimate of drug-likeness (QED) is 0.864. The molecule has 0 fully saturated rings. The number of carbonyl (C=O) groups excluding carboxylic acids is 2. The maximum absolute atomic E-state index is 12.3. The minimum atomic E-state index is -0.251. The van der Waals surface area contributed by atoms with E-state index >= 15 is 0 Å². The van der Waals surface area contributed by atoms with Gasteiger partial charge in [0, 0.05) is 17.1 Å². The fourth-order valence-electron chi connectivity index (χ4n) is 2.04. The van der Waals surface area contributed by atoms with Crippen molar-refractivity contribution in [3.8, 4) is 0 Å². The lowest BCUT2D eigenvalue weighted by molar-refractivity contribution is -0.130. The van der Waals surface area contributed by atoms with Gasteiger partial charge in [-0.1, -0.05) is 35.3 Å². The summed E-state index contributed by atoms with van der Waals surface area (Å²) in [5, 5.41) is 5.49. The first-order valence-corrected chi connectivity index (χ1v) is 8.56. The molecule has 23 heavy (non-hydrogen) atoms. The average molecular weight is 371 g/mol. The van der Waals surface area contributed by atoms with Crippen LogP contribution in [-0.2, 0) is 4.79 Å². The topological polar surface area (TPSA) is 49.4 Å². The van der Waals surface area contributed by atoms with Crippen molar-refractivity contribution in [1.82, 2.24) is 10.2 Å². The number of hydrogen-bond donors (Lipinski definition) is 1. The molecule has 1 atom stereocenters. The van der Waals surface area contributed by atoms with Crippen LogP contribution in [0.4, 0.5) is 0 Å². The summed E-state index contributed by atoms with van der Waals surface area (Å²) in [6.45, 7) is 1.80. The molecule has 1 heterocycles. The number of nitrogens with one attached hydrogen (secondary N) is 1. The number of rotatable bonds is 5. The molecule has 2 amide bonds. The second kappa shape index (κ2) is 7.81. The summed E-state index contributed by atoms with van der Waals surface area (Å²) in [5.74, 6) is -0.452. The Morgan fingerprint density at radius 1 is 1.30 bits per heavy atom. The van der Waals surface area contributed by atoms with E-state index in [1.807, 2.05) is 12.3 Å². The van der Waals surface area contributed by atoms with Crippen molar-refractivity contribution in [3.63, 3.8) is 0 Å². The first kappa shape index (κ1) is 17.8. The predicted molar refractivity (Wildman–Crippen MR) is 94.3 cm³/mol. The fourth-order valence-corrected chi connectivity index (χ4v) is 3.25. The van der Waals surface area contributed by atoms with E-state index in [4.69, 9.17) is 23.2 Å². The van der Waals surface area contributed by atoms with E-state index in [1.54, 1.807) is 42.3 Å². The van der Waals surface area contributed by atoms with Gasteiger partial charge < -0.3 is 10.2 Å². The average Bonchev–Trinajstić information content (AvgIpc) is 3.05. The van der Waals surface area contributed by atoms with Crippen molar-refractivity contribution < 1.29 is 9.59 Å². The number of hydrogen-bond acceptors (Lipinski definition) is 3. The lowest BCUT2D eigenvalue weighted by Crippen LogP contribution is -2.39. The van der Waals surface area contributed by atoms with Gasteiger partial charge in [-0.05, 0) is 36.1 Å². The van der Waals surface area contributed by atoms with E-state index in [-0.39, 0.29) is 24.4 Å². The van der Waals surface area contributed by atoms with Gasteiger partial charge in [0.1, 0.15) is 0 Å². The largest absolute Gasteiger partial charge is 0.342 e. The predicted octanol–water partition coefficient (Wildman–Crippen LogP) is 4.00. The molecule has 0 spiro atoms. The van der Waals surface area contributed by atoms with Crippen molar-refractivity contribution in [2.75, 3.05) is 13.6 Å². The van der Waals surface area contributed by atoms with E-state index in [1.165, 1.54) is 11.3 Å². The molecule has 1 unspecified atom stereocenters. The summed E-state index contributed by atoms with van der Waals surface area (Å²) in [5.41, 5.74) is 0.802. The molecule has 1 aromatic carbocycles. The highest BCUT2D eigenvalue weighted by Crippen LogP contribution is 2.29. The van der Waals surface area contributed by atoms with Crippen molar-refractivity contribution in [1.29, 1.82) is 0 Å². The van der Waals surface area contributed by atoms with Crippen molar-refractivity contribution >= 4 is 46.4 Å². The van der Waals surface area contributed by atoms with Crippen LogP contribution in [0.25, 0.3) is 0 Å². The van der Waals surface area contributed by atoms with Gasteiger partial charge in [-0.3, -0.25) is 9.59 Å². The third kappa shape index (κ3) is 4.47. The van der Waals surface area contributed by atoms with Gasteiger partial charge in [0.25, 0.3) is 5.91 Å². The molecule has 0 radical (unpaired) electrons. The van der Waals surface area contributed by atoms with Crippen LogP contribution < -0.4 is 5.32 Å². The number of carbonyl (C=O) groups is 2. The smallest absolute Gasteiger partial charge is 0.261 e. The van der Waals surface area contributed by atoms with Crippen LogP contribution in [0, 0.1) is 0 Å². The molecule has 0 aliphatic carbocycles. The molecule has 4 nitrogen and oxygen atoms in total. The van der Waals surface area contributed by atoms with E-state index in [0.717, 1.165) is 5.56 Å². The highest BCUT2D eigenvalue weighted by molar-refractivity contribution is 7.12. The van der Waals surface area contributed by atoms with Crippen LogP contribution >= 0.6 is 34.5 Å². The van der Waals surface area contributed by atoms with Gasteiger partial charge in [-0.2, -0.15) is 0 Å². The summed E-state index contributed by atoms with van der Waals surface area (Å²) >= 11 is 13.4. The maximum atomic E-state index is 12.3. The second-order valence-electron chi connectivity index (χ2n) is 5.01. The molecule has 0 bridgehead atoms. The Kier molecular flexibility index (Phi) is 6.04. The first-order chi connectivity index (χ1) is 10.9. The zero-order valence-corrected chi connectivity index (χ0v) is 15.0. The minimum Gasteiger partial charge on any atom is -0.342 e. The highest BCUT2D eigenvalue weighted by atomic mass is 35.5. The molecular formula is C16H16Cl2N2O2S. The van der Waals surface area contributed by atoms with Crippen LogP contribution in [0.5, 0.6) is 0 Å². The summed E-state index contributed by atoms with van der Waals surface area (Å²) < 4.78 is 0. The molecule has 0 aliphatic heterocycles. The molecular weight excluding hydrogens is 355 g/mol. The van der Waals surface area contributed by atoms with Gasteiger partial charge in [-0.15, -0.1) is 11.3 Å². The lowest BCUT2D eigenvalue weighted by atomic mass is 10.1. The summed E-state index contributed by atoms with van der Waals surface area (Å²) in [6, 6.07) is 8.44. The Morgan fingerprint density at radius 3 is 2.65 bits per heavy atom. The number of halogens is 2. The fraction of sp³-hybridized carbons (Fsp3) is 0.250. The molecule has 1 aromatic heterocycles. The monoisotopic (exact) mass is 370 g/mol. The first-order valence-electron chi connectivity index (χ1n) is 6.92. The number of thiophene rings is 1. The van der Waals surface area contributed by atoms with Gasteiger partial charge >= 0.3 is 0 Å². The molecule has 7 heteroatoms. The molecule has 2 rings (SSSR count). The van der Waals surface area contributed by atoms with Crippen LogP contribution in [0.1, 0.15) is 28.2 Å². The zero-order valence-electron chi connectivity index (χ0n) is 12.7. The van der Waals surface area contributed by atoms with Gasteiger partial charge in [0.15, 0.2) is 0 Å². The number of likely N-dealkylation sites (N-methyl/N-ethyl adjacent to an activating group) is 1. The molecule has 0 saturated carbocycles. The third-order valence-electron chi connectivity index (χ3n) is 3.53. The summed E-state index contributed by atoms with van der Waals surface area (Å²) in [6.07, 6.45) is 0. The Labute approximate surface area is 149 Å². The Bertz CT molecular complexity index is 704. The molecule has 1 N–H and O–H groups in total. The van der Waals surface area contributed by atoms with Gasteiger partial charge in [-0.25, -0.2) is 0 Å². The van der Waals surface area contributed by atoms with Crippen LogP contribution in [0.15, 0.2) is 35.7 Å². The zero-order chi connectivity index (χ0) is 17.0. The summed E-state index contributed by atoms with van der Waals surface area (Å²) in [4.78, 5) is 26.2. The van der Waals surface area contributed by atoms with Crippen molar-refractivity contribution in [2.24, 2.45) is 0 Å². The van der Waals surface area contributed by atoms with E-state index in [0.29, 0.717) is 14.9 Å². The highest BCUT2D eigenvalue weighted by Gasteiger charge is 2.20. The van der Waals surface area contributed by atoms with E-state index in [2.05, 4.69) is 5.32 Å². The van der Waals surface area contributed by atoms with Crippen LogP contribution in [-0.4, -0.2) is 30.3 Å². The van der Waals surface area contributed by atoms with Crippen LogP contribution in [0.2, 0.25) is 10.0 Å². The third-order valence-corrected chi connectivity index (χ3v) is 4.96. The van der Waals surface area contributed by atoms with E-state index < -0.39 is 0 Å². The molecule has 2 aromatic rings. The second-order valence-corrected chi connectivity index (χ2v) is 6.80. The standard InChI is InChI=1S/C16H16Cl2N2O2S/c1-10(12-6-5-11(17)8-13(12)18)20(2)15(21)9-19-16(22)14-4-3-7-23-14/h3-8,10H,9H2,1-2H3,(H,19,22). The lowest BCUT2D eigenvalue weighted by Gasteiger charge is -2.26. The number of nitrogens with zero attached hydrogens (tertiary/aromatic N) is 1. The van der Waals surface area contributed by atoms with Gasteiger partial charge in [0.2, 0.25) is 5.91 Å². The molecule has 0 saturated heterocycles. The maximum Gasteiger partial charge on any atom is 0.261 e. The number of amides is 2. The number of benzene rings is 1.